The third-order valence-corrected chi connectivity index (χ3v) is 9.96. The van der Waals surface area contributed by atoms with E-state index in [1.807, 2.05) is 0 Å². The molecule has 2 saturated carbocycles. The van der Waals surface area contributed by atoms with Gasteiger partial charge in [0.05, 0.1) is 7.11 Å². The monoisotopic (exact) mass is 544 g/mol. The summed E-state index contributed by atoms with van der Waals surface area (Å²) in [5.41, 5.74) is 2.96. The van der Waals surface area contributed by atoms with Gasteiger partial charge in [-0.25, -0.2) is 0 Å². The Morgan fingerprint density at radius 1 is 1.02 bits per heavy atom. The highest BCUT2D eigenvalue weighted by molar-refractivity contribution is 5.76. The van der Waals surface area contributed by atoms with Gasteiger partial charge in [-0.15, -0.1) is 0 Å². The van der Waals surface area contributed by atoms with Crippen molar-refractivity contribution in [3.8, 4) is 5.75 Å². The first-order valence-electron chi connectivity index (χ1n) is 16.2. The number of fused-ring (bicyclic) bond motifs is 1. The minimum absolute atomic E-state index is 0.128. The van der Waals surface area contributed by atoms with Crippen LogP contribution in [-0.4, -0.2) is 55.0 Å². The van der Waals surface area contributed by atoms with E-state index >= 15 is 0 Å². The highest BCUT2D eigenvalue weighted by Gasteiger charge is 2.50. The fraction of sp³-hybridized carbons (Fsp3) is 0.639. The molecule has 4 nitrogen and oxygen atoms in total. The van der Waals surface area contributed by atoms with Crippen LogP contribution in [0.5, 0.6) is 5.75 Å². The molecule has 1 heterocycles. The molecule has 2 aromatic rings. The Hall–Kier alpha value is -2.33. The van der Waals surface area contributed by atoms with Crippen LogP contribution in [0.15, 0.2) is 54.6 Å². The Balaban J connectivity index is 1.27. The van der Waals surface area contributed by atoms with Gasteiger partial charge in [-0.05, 0) is 105 Å². The number of likely N-dealkylation sites (tertiary alicyclic amines) is 1. The van der Waals surface area contributed by atoms with Crippen LogP contribution in [-0.2, 0) is 16.6 Å². The van der Waals surface area contributed by atoms with E-state index in [2.05, 4.69) is 78.2 Å². The maximum Gasteiger partial charge on any atom is 0.222 e. The van der Waals surface area contributed by atoms with Crippen molar-refractivity contribution in [3.63, 3.8) is 0 Å². The van der Waals surface area contributed by atoms with Crippen molar-refractivity contribution in [2.75, 3.05) is 33.3 Å². The fourth-order valence-corrected chi connectivity index (χ4v) is 7.64. The van der Waals surface area contributed by atoms with Crippen LogP contribution in [0.1, 0.15) is 89.2 Å². The lowest BCUT2D eigenvalue weighted by molar-refractivity contribution is -0.136. The maximum atomic E-state index is 13.8. The number of hydrogen-bond acceptors (Lipinski definition) is 3. The molecule has 0 unspecified atom stereocenters. The molecule has 3 fully saturated rings. The lowest BCUT2D eigenvalue weighted by Crippen LogP contribution is -2.57. The predicted molar refractivity (Wildman–Crippen MR) is 165 cm³/mol. The van der Waals surface area contributed by atoms with Crippen LogP contribution in [0.3, 0.4) is 0 Å². The summed E-state index contributed by atoms with van der Waals surface area (Å²) in [6.45, 7) is 9.08. The number of hydrogen-bond donors (Lipinski definition) is 0. The molecule has 1 saturated heterocycles. The smallest absolute Gasteiger partial charge is 0.222 e. The summed E-state index contributed by atoms with van der Waals surface area (Å²) in [6.07, 6.45) is 12.5. The Bertz CT molecular complexity index is 1080. The Labute approximate surface area is 243 Å². The van der Waals surface area contributed by atoms with Gasteiger partial charge in [0.2, 0.25) is 5.91 Å². The first-order valence-corrected chi connectivity index (χ1v) is 16.2. The molecule has 1 amide bonds. The molecule has 0 spiro atoms. The van der Waals surface area contributed by atoms with E-state index in [0.29, 0.717) is 30.2 Å². The lowest BCUT2D eigenvalue weighted by atomic mass is 9.57. The molecule has 4 heteroatoms. The van der Waals surface area contributed by atoms with Crippen LogP contribution in [0.4, 0.5) is 0 Å². The van der Waals surface area contributed by atoms with E-state index in [0.717, 1.165) is 56.7 Å². The highest BCUT2D eigenvalue weighted by Crippen LogP contribution is 2.51. The second kappa shape index (κ2) is 13.6. The van der Waals surface area contributed by atoms with Gasteiger partial charge in [-0.3, -0.25) is 4.79 Å². The molecule has 5 rings (SSSR count). The van der Waals surface area contributed by atoms with E-state index in [-0.39, 0.29) is 5.41 Å². The Morgan fingerprint density at radius 2 is 1.85 bits per heavy atom. The van der Waals surface area contributed by atoms with Crippen LogP contribution in [0.2, 0.25) is 0 Å². The van der Waals surface area contributed by atoms with E-state index in [4.69, 9.17) is 4.74 Å². The third kappa shape index (κ3) is 7.29. The zero-order valence-electron chi connectivity index (χ0n) is 25.3. The van der Waals surface area contributed by atoms with Gasteiger partial charge in [0.15, 0.2) is 0 Å². The summed E-state index contributed by atoms with van der Waals surface area (Å²) in [6, 6.07) is 20.0. The summed E-state index contributed by atoms with van der Waals surface area (Å²) in [5, 5.41) is 0. The number of ether oxygens (including phenoxy) is 1. The van der Waals surface area contributed by atoms with Gasteiger partial charge in [0.1, 0.15) is 5.75 Å². The summed E-state index contributed by atoms with van der Waals surface area (Å²) in [7, 11) is 1.78. The van der Waals surface area contributed by atoms with Crippen molar-refractivity contribution >= 4 is 5.91 Å². The number of carbonyl (C=O) groups excluding carboxylic acids is 1. The van der Waals surface area contributed by atoms with Crippen LogP contribution in [0.25, 0.3) is 0 Å². The molecule has 2 aromatic carbocycles. The Kier molecular flexibility index (Phi) is 9.89. The molecule has 0 aromatic heterocycles. The summed E-state index contributed by atoms with van der Waals surface area (Å²) < 4.78 is 5.69. The number of unbranched alkanes of at least 4 members (excludes halogenated alkanes) is 2. The SMILES string of the molecule is COc1cccc([C@@]23CCN(CC4CC4)C[C@H]2CC[C@H](N(CC(C)C)C(=O)CCCCCc2ccccc2)C3)c1. The van der Waals surface area contributed by atoms with Crippen LogP contribution < -0.4 is 4.74 Å². The molecule has 3 atom stereocenters. The van der Waals surface area contributed by atoms with Crippen molar-refractivity contribution in [1.82, 2.24) is 9.80 Å². The predicted octanol–water partition coefficient (Wildman–Crippen LogP) is 7.51. The minimum Gasteiger partial charge on any atom is -0.497 e. The number of rotatable bonds is 13. The van der Waals surface area contributed by atoms with E-state index < -0.39 is 0 Å². The Morgan fingerprint density at radius 3 is 2.60 bits per heavy atom. The molecule has 3 aliphatic rings. The second-order valence-corrected chi connectivity index (χ2v) is 13.5. The first kappa shape index (κ1) is 29.2. The molecule has 0 radical (unpaired) electrons. The lowest BCUT2D eigenvalue weighted by Gasteiger charge is -2.55. The summed E-state index contributed by atoms with van der Waals surface area (Å²) >= 11 is 0. The van der Waals surface area contributed by atoms with Crippen molar-refractivity contribution in [2.45, 2.75) is 95.9 Å². The fourth-order valence-electron chi connectivity index (χ4n) is 7.64. The number of methoxy groups -OCH3 is 1. The van der Waals surface area contributed by atoms with Crippen LogP contribution >= 0.6 is 0 Å². The number of carbonyl (C=O) groups is 1. The zero-order valence-corrected chi connectivity index (χ0v) is 25.3. The molecular weight excluding hydrogens is 492 g/mol. The number of piperidine rings is 1. The van der Waals surface area contributed by atoms with E-state index in [9.17, 15) is 4.79 Å². The average Bonchev–Trinajstić information content (AvgIpc) is 3.80. The third-order valence-electron chi connectivity index (χ3n) is 9.96. The molecule has 218 valence electrons. The first-order chi connectivity index (χ1) is 19.5. The van der Waals surface area contributed by atoms with E-state index in [1.165, 1.54) is 56.4 Å². The zero-order chi connectivity index (χ0) is 28.0. The molecule has 2 aliphatic carbocycles. The standard InChI is InChI=1S/C36H52N2O2/c1-28(2)25-38(35(39)16-9-5-8-13-29-11-6-4-7-12-29)33-20-19-32-27-37(26-30-17-18-30)22-21-36(32,24-33)31-14-10-15-34(23-31)40-3/h4,6-7,10-12,14-15,23,28,30,32-33H,5,8-9,13,16-22,24-27H2,1-3H3/t32-,33+,36+/m1/s1. The van der Waals surface area contributed by atoms with Gasteiger partial charge < -0.3 is 14.5 Å². The number of benzene rings is 2. The van der Waals surface area contributed by atoms with Crippen molar-refractivity contribution in [3.05, 3.63) is 65.7 Å². The maximum absolute atomic E-state index is 13.8. The average molecular weight is 545 g/mol. The molecule has 1 aliphatic heterocycles. The van der Waals surface area contributed by atoms with Crippen molar-refractivity contribution < 1.29 is 9.53 Å². The summed E-state index contributed by atoms with van der Waals surface area (Å²) in [4.78, 5) is 18.9. The normalized spacial score (nSPS) is 25.0. The quantitative estimate of drug-likeness (QED) is 0.245. The van der Waals surface area contributed by atoms with Gasteiger partial charge >= 0.3 is 0 Å². The summed E-state index contributed by atoms with van der Waals surface area (Å²) in [5.74, 6) is 3.40. The topological polar surface area (TPSA) is 32.8 Å². The van der Waals surface area contributed by atoms with Gasteiger partial charge in [-0.2, -0.15) is 0 Å². The molecule has 0 bridgehead atoms. The van der Waals surface area contributed by atoms with Crippen molar-refractivity contribution in [2.24, 2.45) is 17.8 Å². The highest BCUT2D eigenvalue weighted by atomic mass is 16.5. The molecule has 0 N–H and O–H groups in total. The van der Waals surface area contributed by atoms with Gasteiger partial charge in [-0.1, -0.05) is 62.7 Å². The largest absolute Gasteiger partial charge is 0.497 e. The van der Waals surface area contributed by atoms with Crippen molar-refractivity contribution in [1.29, 1.82) is 0 Å². The number of nitrogens with zero attached hydrogens (tertiary/aromatic N) is 2. The number of amides is 1. The van der Waals surface area contributed by atoms with Gasteiger partial charge in [0.25, 0.3) is 0 Å². The molecule has 40 heavy (non-hydrogen) atoms. The second-order valence-electron chi connectivity index (χ2n) is 13.5. The minimum atomic E-state index is 0.128. The molecular formula is C36H52N2O2. The van der Waals surface area contributed by atoms with Gasteiger partial charge in [0, 0.05) is 37.5 Å². The van der Waals surface area contributed by atoms with E-state index in [1.54, 1.807) is 7.11 Å². The van der Waals surface area contributed by atoms with Crippen LogP contribution in [0, 0.1) is 17.8 Å². The number of aryl methyl sites for hydroxylation is 1.